The van der Waals surface area contributed by atoms with Crippen LogP contribution in [0.4, 0.5) is 5.95 Å². The number of rotatable bonds is 4. The number of nitrogen functional groups attached to an aromatic ring is 1. The molecule has 4 heteroatoms. The molecule has 1 heterocycles. The van der Waals surface area contributed by atoms with Crippen molar-refractivity contribution in [2.45, 2.75) is 26.2 Å². The van der Waals surface area contributed by atoms with E-state index in [2.05, 4.69) is 9.97 Å². The topological polar surface area (TPSA) is 61.0 Å². The minimum absolute atomic E-state index is 0.284. The SMILES string of the molecule is Cc1cc(OCCC2CC2)nc(N)n1. The number of hydrogen-bond donors (Lipinski definition) is 1. The van der Waals surface area contributed by atoms with Crippen molar-refractivity contribution in [1.29, 1.82) is 0 Å². The van der Waals surface area contributed by atoms with E-state index in [9.17, 15) is 0 Å². The van der Waals surface area contributed by atoms with E-state index in [0.29, 0.717) is 5.88 Å². The highest BCUT2D eigenvalue weighted by Crippen LogP contribution is 2.32. The zero-order valence-corrected chi connectivity index (χ0v) is 8.36. The first kappa shape index (κ1) is 9.24. The lowest BCUT2D eigenvalue weighted by Gasteiger charge is -2.05. The first-order valence-electron chi connectivity index (χ1n) is 4.98. The van der Waals surface area contributed by atoms with E-state index in [1.54, 1.807) is 0 Å². The van der Waals surface area contributed by atoms with Crippen LogP contribution in [0.25, 0.3) is 0 Å². The van der Waals surface area contributed by atoms with Gasteiger partial charge in [0.05, 0.1) is 6.61 Å². The van der Waals surface area contributed by atoms with Crippen molar-refractivity contribution in [3.8, 4) is 5.88 Å². The molecular weight excluding hydrogens is 178 g/mol. The van der Waals surface area contributed by atoms with Gasteiger partial charge in [0, 0.05) is 11.8 Å². The van der Waals surface area contributed by atoms with Crippen molar-refractivity contribution in [3.63, 3.8) is 0 Å². The van der Waals surface area contributed by atoms with Gasteiger partial charge in [-0.1, -0.05) is 12.8 Å². The summed E-state index contributed by atoms with van der Waals surface area (Å²) >= 11 is 0. The molecule has 14 heavy (non-hydrogen) atoms. The molecule has 1 aliphatic carbocycles. The normalized spacial score (nSPS) is 15.5. The Bertz CT molecular complexity index is 303. The van der Waals surface area contributed by atoms with Gasteiger partial charge in [-0.25, -0.2) is 4.98 Å². The Morgan fingerprint density at radius 2 is 2.29 bits per heavy atom. The number of nitrogens with two attached hydrogens (primary N) is 1. The molecular formula is C10H15N3O. The molecule has 0 bridgehead atoms. The summed E-state index contributed by atoms with van der Waals surface area (Å²) in [6, 6.07) is 1.81. The van der Waals surface area contributed by atoms with Gasteiger partial charge in [-0.05, 0) is 19.3 Å². The molecule has 2 N–H and O–H groups in total. The Labute approximate surface area is 83.5 Å². The number of ether oxygens (including phenoxy) is 1. The number of aromatic nitrogens is 2. The van der Waals surface area contributed by atoms with Crippen molar-refractivity contribution in [2.75, 3.05) is 12.3 Å². The monoisotopic (exact) mass is 193 g/mol. The molecule has 0 saturated heterocycles. The van der Waals surface area contributed by atoms with E-state index in [1.165, 1.54) is 12.8 Å². The fourth-order valence-corrected chi connectivity index (χ4v) is 1.37. The van der Waals surface area contributed by atoms with Crippen molar-refractivity contribution in [1.82, 2.24) is 9.97 Å². The molecule has 0 aromatic carbocycles. The second kappa shape index (κ2) is 3.82. The van der Waals surface area contributed by atoms with Crippen LogP contribution in [-0.4, -0.2) is 16.6 Å². The van der Waals surface area contributed by atoms with Gasteiger partial charge in [0.2, 0.25) is 11.8 Å². The lowest BCUT2D eigenvalue weighted by molar-refractivity contribution is 0.291. The highest BCUT2D eigenvalue weighted by atomic mass is 16.5. The summed E-state index contributed by atoms with van der Waals surface area (Å²) in [5, 5.41) is 0. The summed E-state index contributed by atoms with van der Waals surface area (Å²) in [6.07, 6.45) is 3.84. The van der Waals surface area contributed by atoms with E-state index in [1.807, 2.05) is 13.0 Å². The van der Waals surface area contributed by atoms with Crippen LogP contribution in [0.2, 0.25) is 0 Å². The maximum Gasteiger partial charge on any atom is 0.223 e. The molecule has 0 atom stereocenters. The molecule has 76 valence electrons. The highest BCUT2D eigenvalue weighted by Gasteiger charge is 2.20. The molecule has 4 nitrogen and oxygen atoms in total. The van der Waals surface area contributed by atoms with Gasteiger partial charge >= 0.3 is 0 Å². The summed E-state index contributed by atoms with van der Waals surface area (Å²) < 4.78 is 5.49. The van der Waals surface area contributed by atoms with E-state index in [-0.39, 0.29) is 5.95 Å². The summed E-state index contributed by atoms with van der Waals surface area (Å²) in [5.41, 5.74) is 6.35. The summed E-state index contributed by atoms with van der Waals surface area (Å²) in [7, 11) is 0. The second-order valence-corrected chi connectivity index (χ2v) is 3.79. The summed E-state index contributed by atoms with van der Waals surface area (Å²) in [6.45, 7) is 2.62. The molecule has 0 amide bonds. The lowest BCUT2D eigenvalue weighted by Crippen LogP contribution is -2.03. The smallest absolute Gasteiger partial charge is 0.223 e. The van der Waals surface area contributed by atoms with E-state index in [4.69, 9.17) is 10.5 Å². The Kier molecular flexibility index (Phi) is 2.52. The highest BCUT2D eigenvalue weighted by molar-refractivity contribution is 5.25. The predicted octanol–water partition coefficient (Wildman–Crippen LogP) is 1.55. The van der Waals surface area contributed by atoms with Gasteiger partial charge in [0.25, 0.3) is 0 Å². The minimum Gasteiger partial charge on any atom is -0.478 e. The molecule has 1 aromatic heterocycles. The lowest BCUT2D eigenvalue weighted by atomic mass is 10.3. The molecule has 0 unspecified atom stereocenters. The first-order valence-corrected chi connectivity index (χ1v) is 4.98. The van der Waals surface area contributed by atoms with Crippen molar-refractivity contribution in [2.24, 2.45) is 5.92 Å². The molecule has 0 spiro atoms. The Balaban J connectivity index is 1.87. The zero-order chi connectivity index (χ0) is 9.97. The van der Waals surface area contributed by atoms with Crippen LogP contribution < -0.4 is 10.5 Å². The van der Waals surface area contributed by atoms with Crippen molar-refractivity contribution < 1.29 is 4.74 Å². The zero-order valence-electron chi connectivity index (χ0n) is 8.36. The van der Waals surface area contributed by atoms with Crippen LogP contribution in [0.15, 0.2) is 6.07 Å². The van der Waals surface area contributed by atoms with Crippen molar-refractivity contribution in [3.05, 3.63) is 11.8 Å². The molecule has 1 saturated carbocycles. The van der Waals surface area contributed by atoms with Crippen LogP contribution in [0.3, 0.4) is 0 Å². The van der Waals surface area contributed by atoms with E-state index in [0.717, 1.165) is 24.6 Å². The molecule has 0 radical (unpaired) electrons. The summed E-state index contributed by atoms with van der Waals surface area (Å²) in [5.74, 6) is 1.76. The second-order valence-electron chi connectivity index (χ2n) is 3.79. The van der Waals surface area contributed by atoms with Crippen molar-refractivity contribution >= 4 is 5.95 Å². The average Bonchev–Trinajstić information content (AvgIpc) is 2.86. The third-order valence-corrected chi connectivity index (χ3v) is 2.32. The Morgan fingerprint density at radius 3 is 2.93 bits per heavy atom. The Hall–Kier alpha value is -1.32. The van der Waals surface area contributed by atoms with Crippen LogP contribution in [0.5, 0.6) is 5.88 Å². The first-order chi connectivity index (χ1) is 6.74. The minimum atomic E-state index is 0.284. The fourth-order valence-electron chi connectivity index (χ4n) is 1.37. The third-order valence-electron chi connectivity index (χ3n) is 2.32. The number of nitrogens with zero attached hydrogens (tertiary/aromatic N) is 2. The number of anilines is 1. The standard InChI is InChI=1S/C10H15N3O/c1-7-6-9(13-10(11)12-7)14-5-4-8-2-3-8/h6,8H,2-5H2,1H3,(H2,11,12,13). The van der Waals surface area contributed by atoms with Gasteiger partial charge in [-0.3, -0.25) is 0 Å². The van der Waals surface area contributed by atoms with Gasteiger partial charge < -0.3 is 10.5 Å². The predicted molar refractivity (Wildman–Crippen MR) is 54.0 cm³/mol. The molecule has 2 rings (SSSR count). The maximum atomic E-state index is 5.50. The molecule has 1 aliphatic rings. The van der Waals surface area contributed by atoms with Crippen LogP contribution in [0, 0.1) is 12.8 Å². The van der Waals surface area contributed by atoms with Crippen LogP contribution in [-0.2, 0) is 0 Å². The number of hydrogen-bond acceptors (Lipinski definition) is 4. The number of aryl methyl sites for hydroxylation is 1. The van der Waals surface area contributed by atoms with Gasteiger partial charge in [0.15, 0.2) is 0 Å². The van der Waals surface area contributed by atoms with E-state index >= 15 is 0 Å². The average molecular weight is 193 g/mol. The Morgan fingerprint density at radius 1 is 1.50 bits per heavy atom. The van der Waals surface area contributed by atoms with Crippen LogP contribution in [0.1, 0.15) is 25.0 Å². The van der Waals surface area contributed by atoms with Gasteiger partial charge in [-0.15, -0.1) is 0 Å². The van der Waals surface area contributed by atoms with Gasteiger partial charge in [-0.2, -0.15) is 4.98 Å². The maximum absolute atomic E-state index is 5.50. The van der Waals surface area contributed by atoms with Gasteiger partial charge in [0.1, 0.15) is 0 Å². The largest absolute Gasteiger partial charge is 0.478 e. The molecule has 1 fully saturated rings. The fraction of sp³-hybridized carbons (Fsp3) is 0.600. The van der Waals surface area contributed by atoms with Crippen LogP contribution >= 0.6 is 0 Å². The summed E-state index contributed by atoms with van der Waals surface area (Å²) in [4.78, 5) is 7.97. The third kappa shape index (κ3) is 2.58. The van der Waals surface area contributed by atoms with E-state index < -0.39 is 0 Å². The molecule has 1 aromatic rings. The quantitative estimate of drug-likeness (QED) is 0.788. The molecule has 0 aliphatic heterocycles.